The Balaban J connectivity index is 1.71. The van der Waals surface area contributed by atoms with Crippen molar-refractivity contribution in [1.29, 1.82) is 0 Å². The number of hydrogen-bond donors (Lipinski definition) is 2. The van der Waals surface area contributed by atoms with Gasteiger partial charge in [0.15, 0.2) is 9.84 Å². The lowest BCUT2D eigenvalue weighted by Gasteiger charge is -2.37. The van der Waals surface area contributed by atoms with Gasteiger partial charge in [-0.1, -0.05) is 13.8 Å². The summed E-state index contributed by atoms with van der Waals surface area (Å²) in [5.41, 5.74) is 0. The van der Waals surface area contributed by atoms with Crippen LogP contribution >= 0.6 is 0 Å². The first-order chi connectivity index (χ1) is 13.0. The third kappa shape index (κ3) is 3.30. The molecule has 0 spiro atoms. The third-order valence-electron chi connectivity index (χ3n) is 6.00. The van der Waals surface area contributed by atoms with Crippen LogP contribution in [0.4, 0.5) is 0 Å². The second-order valence-corrected chi connectivity index (χ2v) is 11.3. The van der Waals surface area contributed by atoms with Crippen LogP contribution in [0.15, 0.2) is 0 Å². The van der Waals surface area contributed by atoms with E-state index >= 15 is 0 Å². The van der Waals surface area contributed by atoms with Crippen LogP contribution < -0.4 is 10.6 Å². The van der Waals surface area contributed by atoms with E-state index < -0.39 is 37.9 Å². The van der Waals surface area contributed by atoms with Gasteiger partial charge in [-0.25, -0.2) is 8.42 Å². The fraction of sp³-hybridized carbons (Fsp3) is 0.833. The molecule has 0 bridgehead atoms. The number of carbonyl (C=O) groups excluding carboxylic acids is 3. The summed E-state index contributed by atoms with van der Waals surface area (Å²) < 4.78 is 29.4. The maximum atomic E-state index is 13.0. The molecule has 0 radical (unpaired) electrons. The maximum absolute atomic E-state index is 13.0. The molecule has 3 amide bonds. The molecule has 4 unspecified atom stereocenters. The first-order valence-corrected chi connectivity index (χ1v) is 11.3. The number of rotatable bonds is 6. The predicted molar refractivity (Wildman–Crippen MR) is 101 cm³/mol. The molecule has 9 nitrogen and oxygen atoms in total. The summed E-state index contributed by atoms with van der Waals surface area (Å²) in [6.07, 6.45) is 1.73. The Morgan fingerprint density at radius 2 is 2.00 bits per heavy atom. The molecule has 0 aliphatic carbocycles. The highest BCUT2D eigenvalue weighted by molar-refractivity contribution is 7.93. The van der Waals surface area contributed by atoms with E-state index in [9.17, 15) is 22.8 Å². The zero-order valence-corrected chi connectivity index (χ0v) is 17.5. The van der Waals surface area contributed by atoms with Crippen molar-refractivity contribution in [3.63, 3.8) is 0 Å². The molecule has 0 saturated carbocycles. The second kappa shape index (κ2) is 7.29. The predicted octanol–water partition coefficient (Wildman–Crippen LogP) is -0.444. The molecule has 28 heavy (non-hydrogen) atoms. The molecule has 3 aliphatic rings. The molecule has 3 saturated heterocycles. The van der Waals surface area contributed by atoms with Crippen LogP contribution in [-0.2, 0) is 29.0 Å². The van der Waals surface area contributed by atoms with E-state index in [1.165, 1.54) is 13.8 Å². The van der Waals surface area contributed by atoms with Crippen LogP contribution in [0.3, 0.4) is 0 Å². The highest BCUT2D eigenvalue weighted by Gasteiger charge is 2.67. The van der Waals surface area contributed by atoms with Gasteiger partial charge in [-0.05, 0) is 32.6 Å². The Labute approximate surface area is 165 Å². The van der Waals surface area contributed by atoms with Crippen molar-refractivity contribution in [3.05, 3.63) is 0 Å². The fourth-order valence-corrected chi connectivity index (χ4v) is 6.28. The van der Waals surface area contributed by atoms with Crippen LogP contribution in [0.2, 0.25) is 0 Å². The number of fused-ring (bicyclic) bond motifs is 1. The number of hydrogen-bond acceptors (Lipinski definition) is 6. The summed E-state index contributed by atoms with van der Waals surface area (Å²) in [6, 6.07) is -1.97. The van der Waals surface area contributed by atoms with Gasteiger partial charge >= 0.3 is 0 Å². The molecule has 3 rings (SSSR count). The lowest BCUT2D eigenvalue weighted by atomic mass is 9.95. The van der Waals surface area contributed by atoms with Gasteiger partial charge in [-0.15, -0.1) is 0 Å². The molecule has 0 aromatic heterocycles. The Bertz CT molecular complexity index is 772. The first kappa shape index (κ1) is 21.0. The van der Waals surface area contributed by atoms with Crippen molar-refractivity contribution in [3.8, 4) is 0 Å². The van der Waals surface area contributed by atoms with Gasteiger partial charge < -0.3 is 20.3 Å². The van der Waals surface area contributed by atoms with Gasteiger partial charge in [0.25, 0.3) is 0 Å². The van der Waals surface area contributed by atoms with E-state index in [-0.39, 0.29) is 30.3 Å². The number of nitrogens with one attached hydrogen (secondary N) is 2. The minimum Gasteiger partial charge on any atom is -0.376 e. The van der Waals surface area contributed by atoms with Crippen molar-refractivity contribution in [2.75, 3.05) is 13.2 Å². The zero-order valence-electron chi connectivity index (χ0n) is 16.7. The molecular formula is C18H29N3O6S. The molecule has 0 aromatic rings. The highest BCUT2D eigenvalue weighted by Crippen LogP contribution is 2.45. The summed E-state index contributed by atoms with van der Waals surface area (Å²) >= 11 is 0. The van der Waals surface area contributed by atoms with E-state index in [1.54, 1.807) is 13.8 Å². The van der Waals surface area contributed by atoms with Gasteiger partial charge in [0, 0.05) is 13.2 Å². The van der Waals surface area contributed by atoms with Crippen molar-refractivity contribution < 1.29 is 27.5 Å². The topological polar surface area (TPSA) is 122 Å². The van der Waals surface area contributed by atoms with Crippen molar-refractivity contribution in [1.82, 2.24) is 15.5 Å². The van der Waals surface area contributed by atoms with Crippen LogP contribution in [0.1, 0.15) is 47.0 Å². The summed E-state index contributed by atoms with van der Waals surface area (Å²) in [6.45, 7) is 7.56. The van der Waals surface area contributed by atoms with E-state index in [2.05, 4.69) is 10.6 Å². The molecule has 2 N–H and O–H groups in total. The smallest absolute Gasteiger partial charge is 0.245 e. The molecule has 3 heterocycles. The minimum atomic E-state index is -3.66. The number of β-lactam (4-membered cyclic amide) rings is 1. The van der Waals surface area contributed by atoms with Gasteiger partial charge in [0.05, 0.1) is 17.3 Å². The average Bonchev–Trinajstić information content (AvgIpc) is 3.15. The molecular weight excluding hydrogens is 386 g/mol. The maximum Gasteiger partial charge on any atom is 0.245 e. The summed E-state index contributed by atoms with van der Waals surface area (Å²) in [7, 11) is -3.66. The standard InChI is InChI=1S/C18H29N3O6S/c1-10(2)14(16(23)19-9-11-6-5-7-27-11)20-17(24)15-18(3,4)28(25,26)13-8-12(22)21(13)15/h10-11,13-15H,5-9H2,1-4H3,(H,19,23)(H,20,24). The SMILES string of the molecule is CC(C)C(NC(=O)C1N2C(=O)CC2S(=O)(=O)C1(C)C)C(=O)NCC1CCCO1. The van der Waals surface area contributed by atoms with Gasteiger partial charge in [0.1, 0.15) is 17.5 Å². The third-order valence-corrected chi connectivity index (χ3v) is 8.80. The number of amides is 3. The Kier molecular flexibility index (Phi) is 5.48. The monoisotopic (exact) mass is 415 g/mol. The zero-order chi connectivity index (χ0) is 20.9. The lowest BCUT2D eigenvalue weighted by Crippen LogP contribution is -2.62. The molecule has 4 atom stereocenters. The number of carbonyl (C=O) groups is 3. The second-order valence-electron chi connectivity index (χ2n) is 8.62. The molecule has 3 aliphatic heterocycles. The summed E-state index contributed by atoms with van der Waals surface area (Å²) in [5.74, 6) is -1.53. The quantitative estimate of drug-likeness (QED) is 0.567. The van der Waals surface area contributed by atoms with Crippen LogP contribution in [0.5, 0.6) is 0 Å². The largest absolute Gasteiger partial charge is 0.376 e. The highest BCUT2D eigenvalue weighted by atomic mass is 32.2. The molecule has 3 fully saturated rings. The fourth-order valence-electron chi connectivity index (χ4n) is 4.15. The van der Waals surface area contributed by atoms with E-state index in [1.807, 2.05) is 0 Å². The number of sulfone groups is 1. The van der Waals surface area contributed by atoms with Crippen molar-refractivity contribution in [2.45, 2.75) is 75.3 Å². The first-order valence-electron chi connectivity index (χ1n) is 9.72. The Morgan fingerprint density at radius 3 is 2.54 bits per heavy atom. The number of ether oxygens (including phenoxy) is 1. The number of nitrogens with zero attached hydrogens (tertiary/aromatic N) is 1. The molecule has 0 aromatic carbocycles. The Hall–Kier alpha value is -1.68. The van der Waals surface area contributed by atoms with Crippen LogP contribution in [0.25, 0.3) is 0 Å². The van der Waals surface area contributed by atoms with E-state index in [4.69, 9.17) is 4.74 Å². The van der Waals surface area contributed by atoms with Gasteiger partial charge in [-0.2, -0.15) is 0 Å². The van der Waals surface area contributed by atoms with Crippen molar-refractivity contribution in [2.24, 2.45) is 5.92 Å². The average molecular weight is 416 g/mol. The lowest BCUT2D eigenvalue weighted by molar-refractivity contribution is -0.150. The molecule has 158 valence electrons. The van der Waals surface area contributed by atoms with Crippen molar-refractivity contribution >= 4 is 27.6 Å². The summed E-state index contributed by atoms with van der Waals surface area (Å²) in [4.78, 5) is 38.8. The van der Waals surface area contributed by atoms with Crippen LogP contribution in [0, 0.1) is 5.92 Å². The Morgan fingerprint density at radius 1 is 1.32 bits per heavy atom. The van der Waals surface area contributed by atoms with Gasteiger partial charge in [0.2, 0.25) is 17.7 Å². The van der Waals surface area contributed by atoms with E-state index in [0.29, 0.717) is 13.2 Å². The minimum absolute atomic E-state index is 0.0224. The van der Waals surface area contributed by atoms with E-state index in [0.717, 1.165) is 17.7 Å². The van der Waals surface area contributed by atoms with Gasteiger partial charge in [-0.3, -0.25) is 14.4 Å². The normalized spacial score (nSPS) is 31.2. The summed E-state index contributed by atoms with van der Waals surface area (Å²) in [5, 5.41) is 4.54. The molecule has 10 heteroatoms. The van der Waals surface area contributed by atoms with Crippen LogP contribution in [-0.4, -0.2) is 72.5 Å².